The van der Waals surface area contributed by atoms with E-state index in [2.05, 4.69) is 15.7 Å². The molecule has 3 N–H and O–H groups in total. The number of fused-ring (bicyclic) bond motifs is 1. The third-order valence-electron chi connectivity index (χ3n) is 4.98. The molecule has 0 saturated heterocycles. The summed E-state index contributed by atoms with van der Waals surface area (Å²) < 4.78 is 26.2. The van der Waals surface area contributed by atoms with Gasteiger partial charge in [-0.3, -0.25) is 4.79 Å². The summed E-state index contributed by atoms with van der Waals surface area (Å²) in [6.45, 7) is 0. The Hall–Kier alpha value is -4.34. The van der Waals surface area contributed by atoms with Gasteiger partial charge >= 0.3 is 5.97 Å². The number of ether oxygens (including phenoxy) is 2. The molecule has 1 aliphatic heterocycles. The molecule has 4 rings (SSSR count). The van der Waals surface area contributed by atoms with Gasteiger partial charge in [-0.1, -0.05) is 18.2 Å². The second kappa shape index (κ2) is 8.42. The molecule has 1 atom stereocenters. The highest BCUT2D eigenvalue weighted by atomic mass is 19.1. The maximum atomic E-state index is 14.4. The molecule has 32 heavy (non-hydrogen) atoms. The van der Waals surface area contributed by atoms with Gasteiger partial charge in [-0.2, -0.15) is 5.10 Å². The lowest BCUT2D eigenvalue weighted by molar-refractivity contribution is -0.132. The number of nitrogens with zero attached hydrogens (tertiary/aromatic N) is 2. The van der Waals surface area contributed by atoms with Gasteiger partial charge in [0.2, 0.25) is 0 Å². The molecule has 0 saturated carbocycles. The van der Waals surface area contributed by atoms with Crippen LogP contribution < -0.4 is 20.1 Å². The van der Waals surface area contributed by atoms with Crippen molar-refractivity contribution in [2.45, 2.75) is 6.04 Å². The minimum atomic E-state index is -1.25. The summed E-state index contributed by atoms with van der Waals surface area (Å²) in [5.41, 5.74) is 0.561. The fraction of sp³-hybridized carbons (Fsp3) is 0.136. The predicted octanol–water partition coefficient (Wildman–Crippen LogP) is 3.28. The first kappa shape index (κ1) is 20.9. The number of benzene rings is 2. The summed E-state index contributed by atoms with van der Waals surface area (Å²) in [5, 5.41) is 19.2. The monoisotopic (exact) mass is 438 g/mol. The Morgan fingerprint density at radius 1 is 1.16 bits per heavy atom. The highest BCUT2D eigenvalue weighted by molar-refractivity contribution is 6.08. The predicted molar refractivity (Wildman–Crippen MR) is 114 cm³/mol. The van der Waals surface area contributed by atoms with E-state index in [1.54, 1.807) is 24.3 Å². The molecule has 1 aromatic heterocycles. The first-order chi connectivity index (χ1) is 15.4. The number of carbonyl (C=O) groups is 2. The van der Waals surface area contributed by atoms with Gasteiger partial charge in [0.1, 0.15) is 28.9 Å². The number of aliphatic carboxylic acids is 1. The third kappa shape index (κ3) is 3.73. The Labute approximate surface area is 182 Å². The van der Waals surface area contributed by atoms with Crippen molar-refractivity contribution in [1.29, 1.82) is 0 Å². The van der Waals surface area contributed by atoms with E-state index in [0.717, 1.165) is 0 Å². The summed E-state index contributed by atoms with van der Waals surface area (Å²) in [6, 6.07) is 10.0. The van der Waals surface area contributed by atoms with Crippen LogP contribution in [0.25, 0.3) is 0 Å². The van der Waals surface area contributed by atoms with E-state index >= 15 is 0 Å². The minimum absolute atomic E-state index is 0.0907. The van der Waals surface area contributed by atoms with Gasteiger partial charge in [-0.25, -0.2) is 13.9 Å². The molecule has 9 nitrogen and oxygen atoms in total. The van der Waals surface area contributed by atoms with Gasteiger partial charge in [-0.15, -0.1) is 0 Å². The fourth-order valence-corrected chi connectivity index (χ4v) is 3.44. The first-order valence-corrected chi connectivity index (χ1v) is 9.50. The molecular weight excluding hydrogens is 419 g/mol. The summed E-state index contributed by atoms with van der Waals surface area (Å²) in [6.07, 6.45) is 2.64. The third-order valence-corrected chi connectivity index (χ3v) is 4.98. The average molecular weight is 438 g/mol. The summed E-state index contributed by atoms with van der Waals surface area (Å²) in [4.78, 5) is 24.6. The Kier molecular flexibility index (Phi) is 5.50. The molecule has 3 aromatic rings. The summed E-state index contributed by atoms with van der Waals surface area (Å²) in [7, 11) is 2.98. The van der Waals surface area contributed by atoms with Crippen LogP contribution in [0.15, 0.2) is 60.4 Å². The van der Waals surface area contributed by atoms with Crippen molar-refractivity contribution in [3.05, 3.63) is 77.4 Å². The smallest absolute Gasteiger partial charge is 0.352 e. The zero-order chi connectivity index (χ0) is 22.8. The van der Waals surface area contributed by atoms with Crippen LogP contribution in [0, 0.1) is 5.82 Å². The zero-order valence-electron chi connectivity index (χ0n) is 17.1. The van der Waals surface area contributed by atoms with Crippen LogP contribution in [0.3, 0.4) is 0 Å². The number of allylic oxidation sites excluding steroid dienone is 1. The van der Waals surface area contributed by atoms with Crippen LogP contribution >= 0.6 is 0 Å². The second-order valence-corrected chi connectivity index (χ2v) is 6.85. The van der Waals surface area contributed by atoms with Crippen molar-refractivity contribution in [2.24, 2.45) is 0 Å². The zero-order valence-corrected chi connectivity index (χ0v) is 17.1. The quantitative estimate of drug-likeness (QED) is 0.541. The van der Waals surface area contributed by atoms with Gasteiger partial charge in [-0.05, 0) is 24.3 Å². The number of carbonyl (C=O) groups excluding carboxylic acids is 1. The van der Waals surface area contributed by atoms with Crippen molar-refractivity contribution < 1.29 is 28.6 Å². The largest absolute Gasteiger partial charge is 0.493 e. The molecule has 0 spiro atoms. The molecule has 1 aliphatic rings. The maximum Gasteiger partial charge on any atom is 0.352 e. The van der Waals surface area contributed by atoms with Crippen molar-refractivity contribution in [3.8, 4) is 11.5 Å². The Morgan fingerprint density at radius 3 is 2.59 bits per heavy atom. The Bertz CT molecular complexity index is 1240. The number of methoxy groups -OCH3 is 2. The molecule has 0 aliphatic carbocycles. The van der Waals surface area contributed by atoms with Crippen LogP contribution in [0.2, 0.25) is 0 Å². The van der Waals surface area contributed by atoms with E-state index in [1.165, 1.54) is 49.4 Å². The second-order valence-electron chi connectivity index (χ2n) is 6.85. The van der Waals surface area contributed by atoms with Crippen LogP contribution in [-0.4, -0.2) is 41.0 Å². The van der Waals surface area contributed by atoms with Gasteiger partial charge in [0.25, 0.3) is 5.91 Å². The number of rotatable bonds is 6. The Morgan fingerprint density at radius 2 is 1.91 bits per heavy atom. The van der Waals surface area contributed by atoms with Crippen molar-refractivity contribution in [1.82, 2.24) is 9.78 Å². The number of anilines is 2. The fourth-order valence-electron chi connectivity index (χ4n) is 3.44. The molecule has 0 bridgehead atoms. The number of halogens is 1. The molecule has 1 amide bonds. The van der Waals surface area contributed by atoms with Crippen molar-refractivity contribution in [2.75, 3.05) is 24.9 Å². The average Bonchev–Trinajstić information content (AvgIpc) is 3.23. The standard InChI is InChI=1S/C22H19FN4O5/c1-31-18-8-7-12(9-19(18)32-2)25-21(28)14-11-24-27-17(13-5-3-4-6-15(13)23)10-16(22(29)30)26-20(14)27/h3-11,17,26H,1-2H3,(H,25,28)(H,29,30). The van der Waals surface area contributed by atoms with Crippen LogP contribution in [0.4, 0.5) is 15.9 Å². The summed E-state index contributed by atoms with van der Waals surface area (Å²) >= 11 is 0. The topological polar surface area (TPSA) is 115 Å². The molecular formula is C22H19FN4O5. The Balaban J connectivity index is 1.70. The maximum absolute atomic E-state index is 14.4. The summed E-state index contributed by atoms with van der Waals surface area (Å²) in [5.74, 6) is -1.24. The number of amides is 1. The van der Waals surface area contributed by atoms with Crippen molar-refractivity contribution in [3.63, 3.8) is 0 Å². The molecule has 0 fully saturated rings. The molecule has 164 valence electrons. The molecule has 0 radical (unpaired) electrons. The van der Waals surface area contributed by atoms with Gasteiger partial charge in [0.05, 0.1) is 20.4 Å². The van der Waals surface area contributed by atoms with Crippen LogP contribution in [0.5, 0.6) is 11.5 Å². The minimum Gasteiger partial charge on any atom is -0.493 e. The molecule has 2 aromatic carbocycles. The number of carboxylic acid groups (broad SMARTS) is 1. The number of nitrogens with one attached hydrogen (secondary N) is 2. The van der Waals surface area contributed by atoms with Crippen LogP contribution in [0.1, 0.15) is 22.0 Å². The van der Waals surface area contributed by atoms with E-state index in [0.29, 0.717) is 17.2 Å². The van der Waals surface area contributed by atoms with Crippen LogP contribution in [-0.2, 0) is 4.79 Å². The highest BCUT2D eigenvalue weighted by Gasteiger charge is 2.30. The van der Waals surface area contributed by atoms with Crippen molar-refractivity contribution >= 4 is 23.4 Å². The van der Waals surface area contributed by atoms with Gasteiger partial charge in [0, 0.05) is 17.3 Å². The molecule has 1 unspecified atom stereocenters. The normalized spacial score (nSPS) is 14.6. The highest BCUT2D eigenvalue weighted by Crippen LogP contribution is 2.34. The van der Waals surface area contributed by atoms with E-state index in [9.17, 15) is 19.1 Å². The van der Waals surface area contributed by atoms with Gasteiger partial charge < -0.3 is 25.2 Å². The van der Waals surface area contributed by atoms with E-state index in [4.69, 9.17) is 9.47 Å². The lowest BCUT2D eigenvalue weighted by Crippen LogP contribution is -2.26. The number of aromatic nitrogens is 2. The number of carboxylic acids is 1. The SMILES string of the molecule is COc1ccc(NC(=O)c2cnn3c2NC(C(=O)O)=CC3c2ccccc2F)cc1OC. The number of hydrogen-bond acceptors (Lipinski definition) is 6. The van der Waals surface area contributed by atoms with Gasteiger partial charge in [0.15, 0.2) is 11.5 Å². The van der Waals surface area contributed by atoms with E-state index in [1.807, 2.05) is 0 Å². The molecule has 2 heterocycles. The lowest BCUT2D eigenvalue weighted by Gasteiger charge is -2.24. The van der Waals surface area contributed by atoms with E-state index in [-0.39, 0.29) is 22.6 Å². The van der Waals surface area contributed by atoms with E-state index < -0.39 is 23.7 Å². The first-order valence-electron chi connectivity index (χ1n) is 9.50. The lowest BCUT2D eigenvalue weighted by atomic mass is 10.0. The number of hydrogen-bond donors (Lipinski definition) is 3. The molecule has 10 heteroatoms.